The van der Waals surface area contributed by atoms with Crippen molar-refractivity contribution in [3.63, 3.8) is 0 Å². The molecule has 0 amide bonds. The summed E-state index contributed by atoms with van der Waals surface area (Å²) in [7, 11) is 0. The monoisotopic (exact) mass is 352 g/mol. The van der Waals surface area contributed by atoms with Crippen molar-refractivity contribution in [2.24, 2.45) is 11.8 Å². The molecule has 0 spiro atoms. The smallest absolute Gasteiger partial charge is 0.349 e. The standard InChI is InChI=1S/C18H24O7/c1-10(2)15(19)24-11(3)16(20)22-9-23-18-6-12-4-13(7-18)17(21)25-14(5-12)8-18/h11-14H,1,4-9H2,2-3H3. The molecule has 138 valence electrons. The summed E-state index contributed by atoms with van der Waals surface area (Å²) in [5.74, 6) is -1.16. The van der Waals surface area contributed by atoms with Gasteiger partial charge in [-0.15, -0.1) is 0 Å². The van der Waals surface area contributed by atoms with Crippen LogP contribution in [0, 0.1) is 11.8 Å². The van der Waals surface area contributed by atoms with Gasteiger partial charge in [-0.1, -0.05) is 6.58 Å². The van der Waals surface area contributed by atoms with E-state index in [0.29, 0.717) is 18.8 Å². The molecule has 0 N–H and O–H groups in total. The van der Waals surface area contributed by atoms with Crippen LogP contribution in [0.5, 0.6) is 0 Å². The minimum absolute atomic E-state index is 0.107. The lowest BCUT2D eigenvalue weighted by molar-refractivity contribution is -0.200. The fourth-order valence-electron chi connectivity index (χ4n) is 4.19. The van der Waals surface area contributed by atoms with Gasteiger partial charge in [-0.2, -0.15) is 0 Å². The van der Waals surface area contributed by atoms with Crippen molar-refractivity contribution in [2.45, 2.75) is 63.8 Å². The van der Waals surface area contributed by atoms with Gasteiger partial charge < -0.3 is 18.9 Å². The van der Waals surface area contributed by atoms with Crippen molar-refractivity contribution < 1.29 is 33.3 Å². The van der Waals surface area contributed by atoms with Crippen molar-refractivity contribution in [1.82, 2.24) is 0 Å². The molecule has 4 fully saturated rings. The van der Waals surface area contributed by atoms with E-state index in [0.717, 1.165) is 19.3 Å². The van der Waals surface area contributed by atoms with Gasteiger partial charge in [-0.05, 0) is 45.4 Å². The van der Waals surface area contributed by atoms with E-state index in [1.165, 1.54) is 13.8 Å². The Hall–Kier alpha value is -1.89. The molecule has 0 aromatic carbocycles. The maximum absolute atomic E-state index is 12.0. The number of rotatable bonds is 6. The fraction of sp³-hybridized carbons (Fsp3) is 0.722. The summed E-state index contributed by atoms with van der Waals surface area (Å²) < 4.78 is 21.4. The lowest BCUT2D eigenvalue weighted by Crippen LogP contribution is -2.47. The zero-order valence-electron chi connectivity index (χ0n) is 14.6. The Morgan fingerprint density at radius 1 is 1.32 bits per heavy atom. The van der Waals surface area contributed by atoms with E-state index in [2.05, 4.69) is 6.58 Å². The Balaban J connectivity index is 1.52. The molecular weight excluding hydrogens is 328 g/mol. The second-order valence-electron chi connectivity index (χ2n) is 7.44. The zero-order valence-corrected chi connectivity index (χ0v) is 14.6. The third-order valence-corrected chi connectivity index (χ3v) is 5.24. The van der Waals surface area contributed by atoms with Gasteiger partial charge in [0.1, 0.15) is 6.10 Å². The maximum atomic E-state index is 12.0. The zero-order chi connectivity index (χ0) is 18.2. The molecule has 5 atom stereocenters. The highest BCUT2D eigenvalue weighted by Crippen LogP contribution is 2.51. The average molecular weight is 352 g/mol. The van der Waals surface area contributed by atoms with Gasteiger partial charge in [-0.25, -0.2) is 9.59 Å². The summed E-state index contributed by atoms with van der Waals surface area (Å²) in [6, 6.07) is 0. The molecule has 7 nitrogen and oxygen atoms in total. The number of esters is 3. The van der Waals surface area contributed by atoms with Crippen LogP contribution in [0.15, 0.2) is 12.2 Å². The van der Waals surface area contributed by atoms with Crippen molar-refractivity contribution in [3.05, 3.63) is 12.2 Å². The molecule has 2 saturated carbocycles. The number of hydrogen-bond acceptors (Lipinski definition) is 7. The second-order valence-corrected chi connectivity index (χ2v) is 7.44. The third kappa shape index (κ3) is 3.86. The van der Waals surface area contributed by atoms with E-state index in [1.54, 1.807) is 0 Å². The average Bonchev–Trinajstić information content (AvgIpc) is 2.68. The summed E-state index contributed by atoms with van der Waals surface area (Å²) in [6.07, 6.45) is 2.71. The molecule has 5 unspecified atom stereocenters. The van der Waals surface area contributed by atoms with Crippen LogP contribution in [0.4, 0.5) is 0 Å². The van der Waals surface area contributed by atoms with Crippen LogP contribution in [0.25, 0.3) is 0 Å². The van der Waals surface area contributed by atoms with Crippen LogP contribution < -0.4 is 0 Å². The van der Waals surface area contributed by atoms with Gasteiger partial charge in [0, 0.05) is 12.0 Å². The molecule has 2 heterocycles. The van der Waals surface area contributed by atoms with Gasteiger partial charge >= 0.3 is 17.9 Å². The number of hydrogen-bond donors (Lipinski definition) is 0. The van der Waals surface area contributed by atoms with Crippen LogP contribution in [0.1, 0.15) is 46.0 Å². The Bertz CT molecular complexity index is 598. The van der Waals surface area contributed by atoms with E-state index in [-0.39, 0.29) is 30.4 Å². The molecule has 2 aliphatic carbocycles. The Labute approximate surface area is 146 Å². The Kier molecular flexibility index (Phi) is 4.86. The van der Waals surface area contributed by atoms with Crippen molar-refractivity contribution in [3.8, 4) is 0 Å². The largest absolute Gasteiger partial charge is 0.462 e. The first kappa shape index (κ1) is 17.9. The van der Waals surface area contributed by atoms with E-state index in [9.17, 15) is 14.4 Å². The molecular formula is C18H24O7. The summed E-state index contributed by atoms with van der Waals surface area (Å²) in [5.41, 5.74) is -0.258. The molecule has 25 heavy (non-hydrogen) atoms. The van der Waals surface area contributed by atoms with Crippen LogP contribution in [0.2, 0.25) is 0 Å². The fourth-order valence-corrected chi connectivity index (χ4v) is 4.19. The van der Waals surface area contributed by atoms with E-state index in [4.69, 9.17) is 18.9 Å². The predicted molar refractivity (Wildman–Crippen MR) is 85.1 cm³/mol. The highest BCUT2D eigenvalue weighted by molar-refractivity contribution is 5.89. The first-order valence-electron chi connectivity index (χ1n) is 8.65. The van der Waals surface area contributed by atoms with E-state index in [1.807, 2.05) is 0 Å². The van der Waals surface area contributed by atoms with Crippen LogP contribution >= 0.6 is 0 Å². The quantitative estimate of drug-likeness (QED) is 0.312. The lowest BCUT2D eigenvalue weighted by atomic mass is 9.65. The summed E-state index contributed by atoms with van der Waals surface area (Å²) in [6.45, 7) is 6.17. The highest BCUT2D eigenvalue weighted by atomic mass is 16.7. The van der Waals surface area contributed by atoms with Gasteiger partial charge in [0.2, 0.25) is 0 Å². The van der Waals surface area contributed by atoms with Crippen molar-refractivity contribution in [1.29, 1.82) is 0 Å². The minimum Gasteiger partial charge on any atom is -0.462 e. The number of carbonyl (C=O) groups is 3. The van der Waals surface area contributed by atoms with E-state index >= 15 is 0 Å². The Morgan fingerprint density at radius 2 is 2.08 bits per heavy atom. The maximum Gasteiger partial charge on any atom is 0.349 e. The summed E-state index contributed by atoms with van der Waals surface area (Å²) >= 11 is 0. The highest BCUT2D eigenvalue weighted by Gasteiger charge is 2.53. The van der Waals surface area contributed by atoms with Gasteiger partial charge in [0.05, 0.1) is 11.5 Å². The summed E-state index contributed by atoms with van der Waals surface area (Å²) in [5, 5.41) is 0. The van der Waals surface area contributed by atoms with E-state index < -0.39 is 23.6 Å². The molecule has 2 saturated heterocycles. The Morgan fingerprint density at radius 3 is 2.80 bits per heavy atom. The van der Waals surface area contributed by atoms with Crippen LogP contribution in [-0.4, -0.2) is 42.5 Å². The van der Waals surface area contributed by atoms with Gasteiger partial charge in [0.15, 0.2) is 12.9 Å². The molecule has 0 radical (unpaired) electrons. The number of fused-ring (bicyclic) bond motifs is 1. The topological polar surface area (TPSA) is 88.1 Å². The second kappa shape index (κ2) is 6.78. The molecule has 4 aliphatic rings. The van der Waals surface area contributed by atoms with Crippen LogP contribution in [0.3, 0.4) is 0 Å². The van der Waals surface area contributed by atoms with Crippen molar-refractivity contribution >= 4 is 17.9 Å². The molecule has 4 bridgehead atoms. The normalized spacial score (nSPS) is 34.0. The first-order chi connectivity index (χ1) is 11.8. The SMILES string of the molecule is C=C(C)C(=O)OC(C)C(=O)OCOC12CC3CC(C1)OC(=O)C(C3)C2. The van der Waals surface area contributed by atoms with Gasteiger partial charge in [-0.3, -0.25) is 4.79 Å². The molecule has 0 aromatic rings. The van der Waals surface area contributed by atoms with Gasteiger partial charge in [0.25, 0.3) is 0 Å². The third-order valence-electron chi connectivity index (χ3n) is 5.24. The molecule has 0 aromatic heterocycles. The molecule has 4 rings (SSSR count). The minimum atomic E-state index is -1.03. The van der Waals surface area contributed by atoms with Crippen LogP contribution in [-0.2, 0) is 33.3 Å². The molecule has 7 heteroatoms. The number of ether oxygens (including phenoxy) is 4. The van der Waals surface area contributed by atoms with Crippen molar-refractivity contribution in [2.75, 3.05) is 6.79 Å². The lowest BCUT2D eigenvalue weighted by Gasteiger charge is -2.45. The summed E-state index contributed by atoms with van der Waals surface area (Å²) in [4.78, 5) is 35.4. The number of carbonyl (C=O) groups excluding carboxylic acids is 3. The molecule has 2 aliphatic heterocycles. The first-order valence-corrected chi connectivity index (χ1v) is 8.65. The predicted octanol–water partition coefficient (Wildman–Crippen LogP) is 1.89.